The van der Waals surface area contributed by atoms with Gasteiger partial charge in [-0.3, -0.25) is 0 Å². The van der Waals surface area contributed by atoms with Gasteiger partial charge in [0.05, 0.1) is 22.5 Å². The van der Waals surface area contributed by atoms with E-state index >= 15 is 0 Å². The second-order valence-corrected chi connectivity index (χ2v) is 8.96. The number of hydrogen-bond acceptors (Lipinski definition) is 5. The number of aromatic amines is 1. The summed E-state index contributed by atoms with van der Waals surface area (Å²) in [6.45, 7) is 1.44. The lowest BCUT2D eigenvalue weighted by molar-refractivity contribution is -0.140. The van der Waals surface area contributed by atoms with E-state index < -0.39 is 39.3 Å². The van der Waals surface area contributed by atoms with Crippen LogP contribution < -0.4 is 5.32 Å². The molecule has 0 aliphatic heterocycles. The second-order valence-electron chi connectivity index (χ2n) is 6.62. The minimum atomic E-state index is -4.97. The normalized spacial score (nSPS) is 13.3. The number of hydrogen-bond donors (Lipinski definition) is 2. The molecule has 3 aromatic rings. The Bertz CT molecular complexity index is 1240. The first kappa shape index (κ1) is 22.9. The molecular weight excluding hydrogens is 467 g/mol. The Labute approximate surface area is 178 Å². The van der Waals surface area contributed by atoms with Gasteiger partial charge in [0.15, 0.2) is 20.7 Å². The van der Waals surface area contributed by atoms with E-state index in [1.54, 1.807) is 0 Å². The lowest BCUT2D eigenvalue weighted by Gasteiger charge is -2.19. The molecule has 0 aliphatic carbocycles. The number of alkyl halides is 3. The quantitative estimate of drug-likeness (QED) is 0.518. The van der Waals surface area contributed by atoms with E-state index in [1.807, 2.05) is 0 Å². The maximum absolute atomic E-state index is 13.6. The van der Waals surface area contributed by atoms with Crippen molar-refractivity contribution < 1.29 is 30.4 Å². The van der Waals surface area contributed by atoms with Gasteiger partial charge in [-0.25, -0.2) is 27.2 Å². The maximum atomic E-state index is 13.6. The Morgan fingerprint density at radius 2 is 1.84 bits per heavy atom. The van der Waals surface area contributed by atoms with Gasteiger partial charge in [-0.2, -0.15) is 13.2 Å². The largest absolute Gasteiger partial charge is 0.419 e. The van der Waals surface area contributed by atoms with Crippen molar-refractivity contribution in [2.45, 2.75) is 24.2 Å². The molecule has 2 heterocycles. The van der Waals surface area contributed by atoms with Gasteiger partial charge in [-0.1, -0.05) is 17.7 Å². The first-order valence-corrected chi connectivity index (χ1v) is 10.7. The molecule has 2 N–H and O–H groups in total. The Hall–Kier alpha value is -2.73. The number of aryl methyl sites for hydroxylation is 1. The van der Waals surface area contributed by atoms with Crippen LogP contribution in [0.1, 0.15) is 28.7 Å². The van der Waals surface area contributed by atoms with Crippen LogP contribution in [0.5, 0.6) is 0 Å². The molecule has 6 nitrogen and oxygen atoms in total. The molecular formula is C18H14ClF5N4O2S. The van der Waals surface area contributed by atoms with Gasteiger partial charge < -0.3 is 10.3 Å². The first-order valence-electron chi connectivity index (χ1n) is 8.48. The summed E-state index contributed by atoms with van der Waals surface area (Å²) < 4.78 is 90.2. The maximum Gasteiger partial charge on any atom is 0.419 e. The average Bonchev–Trinajstić information content (AvgIpc) is 3.04. The van der Waals surface area contributed by atoms with Crippen LogP contribution in [-0.4, -0.2) is 29.6 Å². The van der Waals surface area contributed by atoms with Crippen molar-refractivity contribution in [2.75, 3.05) is 11.6 Å². The molecule has 0 fully saturated rings. The predicted molar refractivity (Wildman–Crippen MR) is 103 cm³/mol. The minimum absolute atomic E-state index is 0.0136. The van der Waals surface area contributed by atoms with Gasteiger partial charge in [0.1, 0.15) is 23.5 Å². The molecule has 0 saturated carbocycles. The Kier molecular flexibility index (Phi) is 5.98. The number of sulfone groups is 1. The molecule has 31 heavy (non-hydrogen) atoms. The molecule has 0 aliphatic rings. The summed E-state index contributed by atoms with van der Waals surface area (Å²) >= 11 is 5.82. The summed E-state index contributed by atoms with van der Waals surface area (Å²) in [7, 11) is -3.72. The number of nitrogens with zero attached hydrogens (tertiary/aromatic N) is 2. The van der Waals surface area contributed by atoms with Crippen molar-refractivity contribution in [1.82, 2.24) is 15.0 Å². The van der Waals surface area contributed by atoms with Gasteiger partial charge in [0.2, 0.25) is 0 Å². The highest BCUT2D eigenvalue weighted by Gasteiger charge is 2.35. The molecule has 0 amide bonds. The molecule has 1 unspecified atom stereocenters. The predicted octanol–water partition coefficient (Wildman–Crippen LogP) is 4.67. The van der Waals surface area contributed by atoms with Gasteiger partial charge in [0, 0.05) is 6.26 Å². The molecule has 1 aromatic carbocycles. The van der Waals surface area contributed by atoms with E-state index in [0.717, 1.165) is 12.3 Å². The van der Waals surface area contributed by atoms with E-state index in [4.69, 9.17) is 11.6 Å². The molecule has 0 bridgehead atoms. The average molecular weight is 481 g/mol. The number of benzene rings is 1. The zero-order valence-corrected chi connectivity index (χ0v) is 17.4. The third-order valence-corrected chi connectivity index (χ3v) is 5.60. The smallest absolute Gasteiger partial charge is 0.356 e. The van der Waals surface area contributed by atoms with Gasteiger partial charge in [-0.05, 0) is 30.7 Å². The van der Waals surface area contributed by atoms with Gasteiger partial charge in [-0.15, -0.1) is 0 Å². The zero-order chi connectivity index (χ0) is 23.1. The van der Waals surface area contributed by atoms with Crippen LogP contribution in [0, 0.1) is 18.6 Å². The SMILES string of the molecule is Cc1[nH]c(C(Nc2cc(C(F)(F)F)c(F)cn2)c2ccc(F)c(Cl)c2)nc1S(C)(=O)=O. The summed E-state index contributed by atoms with van der Waals surface area (Å²) in [5.74, 6) is -2.70. The summed E-state index contributed by atoms with van der Waals surface area (Å²) in [4.78, 5) is 10.4. The Balaban J connectivity index is 2.13. The highest BCUT2D eigenvalue weighted by molar-refractivity contribution is 7.90. The number of imidazole rings is 1. The second kappa shape index (κ2) is 8.08. The minimum Gasteiger partial charge on any atom is -0.356 e. The summed E-state index contributed by atoms with van der Waals surface area (Å²) in [6, 6.07) is 2.84. The highest BCUT2D eigenvalue weighted by Crippen LogP contribution is 2.34. The van der Waals surface area contributed by atoms with Crippen LogP contribution in [0.15, 0.2) is 35.5 Å². The number of H-pyrrole nitrogens is 1. The third kappa shape index (κ3) is 4.96. The number of rotatable bonds is 5. The lowest BCUT2D eigenvalue weighted by Crippen LogP contribution is -2.17. The van der Waals surface area contributed by atoms with E-state index in [0.29, 0.717) is 12.3 Å². The van der Waals surface area contributed by atoms with Crippen LogP contribution in [0.25, 0.3) is 0 Å². The molecule has 0 radical (unpaired) electrons. The topological polar surface area (TPSA) is 87.7 Å². The Morgan fingerprint density at radius 1 is 1.16 bits per heavy atom. The van der Waals surface area contributed by atoms with E-state index in [2.05, 4.69) is 20.3 Å². The monoisotopic (exact) mass is 480 g/mol. The van der Waals surface area contributed by atoms with Crippen molar-refractivity contribution in [2.24, 2.45) is 0 Å². The van der Waals surface area contributed by atoms with Crippen molar-refractivity contribution in [3.05, 3.63) is 69.8 Å². The molecule has 3 rings (SSSR count). The lowest BCUT2D eigenvalue weighted by atomic mass is 10.1. The fraction of sp³-hybridized carbons (Fsp3) is 0.222. The number of nitrogens with one attached hydrogen (secondary N) is 2. The molecule has 2 aromatic heterocycles. The van der Waals surface area contributed by atoms with Crippen LogP contribution in [0.4, 0.5) is 27.8 Å². The van der Waals surface area contributed by atoms with Crippen LogP contribution in [0.2, 0.25) is 5.02 Å². The van der Waals surface area contributed by atoms with E-state index in [9.17, 15) is 30.4 Å². The Morgan fingerprint density at radius 3 is 2.39 bits per heavy atom. The summed E-state index contributed by atoms with van der Waals surface area (Å²) in [5.41, 5.74) is -1.13. The fourth-order valence-electron chi connectivity index (χ4n) is 2.85. The van der Waals surface area contributed by atoms with Crippen molar-refractivity contribution in [3.8, 4) is 0 Å². The third-order valence-electron chi connectivity index (χ3n) is 4.21. The van der Waals surface area contributed by atoms with Crippen LogP contribution in [-0.2, 0) is 16.0 Å². The van der Waals surface area contributed by atoms with Crippen molar-refractivity contribution >= 4 is 27.3 Å². The molecule has 1 atom stereocenters. The zero-order valence-electron chi connectivity index (χ0n) is 15.9. The molecule has 166 valence electrons. The summed E-state index contributed by atoms with van der Waals surface area (Å²) in [5, 5.41) is 2.09. The van der Waals surface area contributed by atoms with Crippen LogP contribution in [0.3, 0.4) is 0 Å². The number of aromatic nitrogens is 3. The fourth-order valence-corrected chi connectivity index (χ4v) is 3.91. The van der Waals surface area contributed by atoms with E-state index in [1.165, 1.54) is 19.1 Å². The van der Waals surface area contributed by atoms with Gasteiger partial charge >= 0.3 is 6.18 Å². The highest BCUT2D eigenvalue weighted by atomic mass is 35.5. The summed E-state index contributed by atoms with van der Waals surface area (Å²) in [6.07, 6.45) is -3.63. The van der Waals surface area contributed by atoms with Crippen LogP contribution >= 0.6 is 11.6 Å². The number of anilines is 1. The first-order chi connectivity index (χ1) is 14.3. The van der Waals surface area contributed by atoms with E-state index in [-0.39, 0.29) is 32.9 Å². The number of pyridine rings is 1. The molecule has 0 spiro atoms. The van der Waals surface area contributed by atoms with Crippen molar-refractivity contribution in [3.63, 3.8) is 0 Å². The van der Waals surface area contributed by atoms with Gasteiger partial charge in [0.25, 0.3) is 0 Å². The van der Waals surface area contributed by atoms with Crippen molar-refractivity contribution in [1.29, 1.82) is 0 Å². The number of halogens is 6. The molecule has 0 saturated heterocycles. The molecule has 13 heteroatoms. The standard InChI is InChI=1S/C18H14ClF5N4O2S/c1-8-17(31(2,29)30)28-16(26-8)15(9-3-4-12(20)11(19)5-9)27-14-6-10(18(22,23)24)13(21)7-25-14/h3-7,15H,1-2H3,(H,25,27)(H,26,28).